The maximum atomic E-state index is 12.5. The van der Waals surface area contributed by atoms with Crippen LogP contribution in [0.15, 0.2) is 70.3 Å². The van der Waals surface area contributed by atoms with Gasteiger partial charge in [0.1, 0.15) is 0 Å². The lowest BCUT2D eigenvalue weighted by atomic mass is 10.1. The summed E-state index contributed by atoms with van der Waals surface area (Å²) in [6.07, 6.45) is -1.27. The van der Waals surface area contributed by atoms with Gasteiger partial charge in [-0.15, -0.1) is 0 Å². The second-order valence-electron chi connectivity index (χ2n) is 5.69. The normalized spacial score (nSPS) is 12.1. The summed E-state index contributed by atoms with van der Waals surface area (Å²) in [5, 5.41) is 4.36. The summed E-state index contributed by atoms with van der Waals surface area (Å²) in [6, 6.07) is 16.2. The molecule has 2 aromatic heterocycles. The van der Waals surface area contributed by atoms with Crippen LogP contribution in [0.1, 0.15) is 11.5 Å². The predicted octanol–water partition coefficient (Wildman–Crippen LogP) is 5.05. The standard InChI is InChI=1S/C19H11F3N4O/c20-19(21,22)18-25-17(26-27-18)13-5-7-15(8-6-13)23-10-12-9-14-3-1-2-4-16(14)24-11-12/h1-11H. The molecule has 0 N–H and O–H groups in total. The Hall–Kier alpha value is -3.55. The number of halogens is 3. The molecule has 0 bridgehead atoms. The third-order valence-corrected chi connectivity index (χ3v) is 3.77. The molecule has 0 saturated carbocycles. The maximum Gasteiger partial charge on any atom is 0.471 e. The van der Waals surface area contributed by atoms with E-state index in [0.717, 1.165) is 16.5 Å². The number of para-hydroxylation sites is 1. The van der Waals surface area contributed by atoms with Crippen LogP contribution in [0.4, 0.5) is 18.9 Å². The average Bonchev–Trinajstić information content (AvgIpc) is 3.17. The Labute approximate surface area is 151 Å². The first-order chi connectivity index (χ1) is 13.0. The number of hydrogen-bond acceptors (Lipinski definition) is 5. The van der Waals surface area contributed by atoms with E-state index in [1.807, 2.05) is 30.3 Å². The fourth-order valence-corrected chi connectivity index (χ4v) is 2.46. The minimum absolute atomic E-state index is 0.128. The Morgan fingerprint density at radius 2 is 1.78 bits per heavy atom. The van der Waals surface area contributed by atoms with Gasteiger partial charge < -0.3 is 4.52 Å². The highest BCUT2D eigenvalue weighted by molar-refractivity contribution is 5.88. The van der Waals surface area contributed by atoms with Crippen molar-refractivity contribution in [2.45, 2.75) is 6.18 Å². The van der Waals surface area contributed by atoms with E-state index in [1.54, 1.807) is 36.7 Å². The lowest BCUT2D eigenvalue weighted by Crippen LogP contribution is -2.04. The summed E-state index contributed by atoms with van der Waals surface area (Å²) in [4.78, 5) is 12.1. The highest BCUT2D eigenvalue weighted by Gasteiger charge is 2.38. The van der Waals surface area contributed by atoms with Gasteiger partial charge in [0.05, 0.1) is 11.2 Å². The molecular formula is C19H11F3N4O. The molecule has 0 spiro atoms. The molecule has 0 aliphatic carbocycles. The van der Waals surface area contributed by atoms with Crippen molar-refractivity contribution in [3.63, 3.8) is 0 Å². The Morgan fingerprint density at radius 3 is 2.52 bits per heavy atom. The zero-order valence-corrected chi connectivity index (χ0v) is 13.7. The van der Waals surface area contributed by atoms with Crippen LogP contribution >= 0.6 is 0 Å². The van der Waals surface area contributed by atoms with Crippen LogP contribution in [0.5, 0.6) is 0 Å². The van der Waals surface area contributed by atoms with E-state index in [2.05, 4.69) is 24.6 Å². The molecule has 27 heavy (non-hydrogen) atoms. The number of aliphatic imine (C=N–C) groups is 1. The van der Waals surface area contributed by atoms with Crippen molar-refractivity contribution in [1.82, 2.24) is 15.1 Å². The van der Waals surface area contributed by atoms with E-state index >= 15 is 0 Å². The third kappa shape index (κ3) is 3.69. The summed E-state index contributed by atoms with van der Waals surface area (Å²) >= 11 is 0. The van der Waals surface area contributed by atoms with Gasteiger partial charge in [0, 0.05) is 28.9 Å². The molecule has 4 rings (SSSR count). The number of benzene rings is 2. The minimum Gasteiger partial charge on any atom is -0.329 e. The van der Waals surface area contributed by atoms with Gasteiger partial charge in [-0.3, -0.25) is 9.98 Å². The van der Waals surface area contributed by atoms with Gasteiger partial charge >= 0.3 is 12.1 Å². The molecule has 0 amide bonds. The molecule has 5 nitrogen and oxygen atoms in total. The summed E-state index contributed by atoms with van der Waals surface area (Å²) in [7, 11) is 0. The van der Waals surface area contributed by atoms with Gasteiger partial charge in [0.25, 0.3) is 0 Å². The number of aromatic nitrogens is 3. The van der Waals surface area contributed by atoms with Crippen molar-refractivity contribution in [2.75, 3.05) is 0 Å². The zero-order valence-electron chi connectivity index (χ0n) is 13.7. The van der Waals surface area contributed by atoms with E-state index in [0.29, 0.717) is 11.3 Å². The number of pyridine rings is 1. The first kappa shape index (κ1) is 16.9. The van der Waals surface area contributed by atoms with Crippen molar-refractivity contribution < 1.29 is 17.7 Å². The number of alkyl halides is 3. The maximum absolute atomic E-state index is 12.5. The molecule has 0 atom stereocenters. The molecular weight excluding hydrogens is 357 g/mol. The average molecular weight is 368 g/mol. The molecule has 0 radical (unpaired) electrons. The van der Waals surface area contributed by atoms with E-state index in [-0.39, 0.29) is 5.82 Å². The van der Waals surface area contributed by atoms with Crippen molar-refractivity contribution in [3.05, 3.63) is 72.2 Å². The van der Waals surface area contributed by atoms with Gasteiger partial charge in [-0.25, -0.2) is 0 Å². The summed E-state index contributed by atoms with van der Waals surface area (Å²) < 4.78 is 41.8. The van der Waals surface area contributed by atoms with Crippen LogP contribution in [0.25, 0.3) is 22.3 Å². The smallest absolute Gasteiger partial charge is 0.329 e. The van der Waals surface area contributed by atoms with E-state index in [1.165, 1.54) is 0 Å². The molecule has 4 aromatic rings. The van der Waals surface area contributed by atoms with Crippen molar-refractivity contribution in [1.29, 1.82) is 0 Å². The van der Waals surface area contributed by atoms with Crippen LogP contribution in [-0.2, 0) is 6.18 Å². The van der Waals surface area contributed by atoms with Gasteiger partial charge in [0.2, 0.25) is 5.82 Å². The Balaban J connectivity index is 1.53. The highest BCUT2D eigenvalue weighted by Crippen LogP contribution is 2.29. The lowest BCUT2D eigenvalue weighted by Gasteiger charge is -1.99. The second kappa shape index (κ2) is 6.64. The summed E-state index contributed by atoms with van der Waals surface area (Å²) in [6.45, 7) is 0. The number of nitrogens with zero attached hydrogens (tertiary/aromatic N) is 4. The van der Waals surface area contributed by atoms with Crippen LogP contribution in [0, 0.1) is 0 Å². The largest absolute Gasteiger partial charge is 0.471 e. The van der Waals surface area contributed by atoms with Crippen molar-refractivity contribution >= 4 is 22.8 Å². The molecule has 134 valence electrons. The van der Waals surface area contributed by atoms with E-state index in [9.17, 15) is 13.2 Å². The van der Waals surface area contributed by atoms with Crippen LogP contribution < -0.4 is 0 Å². The molecule has 2 aromatic carbocycles. The first-order valence-electron chi connectivity index (χ1n) is 7.89. The number of hydrogen-bond donors (Lipinski definition) is 0. The monoisotopic (exact) mass is 368 g/mol. The Bertz CT molecular complexity index is 1120. The predicted molar refractivity (Wildman–Crippen MR) is 93.7 cm³/mol. The van der Waals surface area contributed by atoms with Gasteiger partial charge in [-0.1, -0.05) is 23.4 Å². The lowest BCUT2D eigenvalue weighted by molar-refractivity contribution is -0.159. The molecule has 0 aliphatic rings. The van der Waals surface area contributed by atoms with E-state index in [4.69, 9.17) is 0 Å². The molecule has 2 heterocycles. The first-order valence-corrected chi connectivity index (χ1v) is 7.89. The second-order valence-corrected chi connectivity index (χ2v) is 5.69. The van der Waals surface area contributed by atoms with Crippen molar-refractivity contribution in [3.8, 4) is 11.4 Å². The fourth-order valence-electron chi connectivity index (χ4n) is 2.46. The topological polar surface area (TPSA) is 64.2 Å². The fraction of sp³-hybridized carbons (Fsp3) is 0.0526. The van der Waals surface area contributed by atoms with Crippen molar-refractivity contribution in [2.24, 2.45) is 4.99 Å². The Kier molecular flexibility index (Phi) is 4.15. The molecule has 0 unspecified atom stereocenters. The van der Waals surface area contributed by atoms with E-state index < -0.39 is 12.1 Å². The van der Waals surface area contributed by atoms with Crippen LogP contribution in [0.2, 0.25) is 0 Å². The molecule has 0 fully saturated rings. The highest BCUT2D eigenvalue weighted by atomic mass is 19.4. The molecule has 8 heteroatoms. The quantitative estimate of drug-likeness (QED) is 0.475. The summed E-state index contributed by atoms with van der Waals surface area (Å²) in [5.74, 6) is -1.50. The zero-order chi connectivity index (χ0) is 18.9. The minimum atomic E-state index is -4.66. The van der Waals surface area contributed by atoms with Crippen LogP contribution in [-0.4, -0.2) is 21.3 Å². The van der Waals surface area contributed by atoms with Gasteiger partial charge in [-0.05, 0) is 36.4 Å². The number of fused-ring (bicyclic) bond motifs is 1. The molecule has 0 aliphatic heterocycles. The SMILES string of the molecule is FC(F)(F)c1nc(-c2ccc(N=Cc3cnc4ccccc4c3)cc2)no1. The third-order valence-electron chi connectivity index (χ3n) is 3.77. The summed E-state index contributed by atoms with van der Waals surface area (Å²) in [5.41, 5.74) is 2.77. The number of rotatable bonds is 3. The van der Waals surface area contributed by atoms with Crippen LogP contribution in [0.3, 0.4) is 0 Å². The van der Waals surface area contributed by atoms with Gasteiger partial charge in [-0.2, -0.15) is 18.2 Å². The van der Waals surface area contributed by atoms with Gasteiger partial charge in [0.15, 0.2) is 0 Å². The Morgan fingerprint density at radius 1 is 1.00 bits per heavy atom. The molecule has 0 saturated heterocycles.